The molecule has 13 heteroatoms. The normalized spacial score (nSPS) is 15.1. The molecule has 3 aromatic carbocycles. The van der Waals surface area contributed by atoms with Gasteiger partial charge in [0.05, 0.1) is 4.90 Å². The Balaban J connectivity index is 1.35. The molecule has 0 aliphatic heterocycles. The van der Waals surface area contributed by atoms with E-state index in [-0.39, 0.29) is 42.5 Å². The quantitative estimate of drug-likeness (QED) is 0.0865. The highest BCUT2D eigenvalue weighted by molar-refractivity contribution is 7.87. The Kier molecular flexibility index (Phi) is 10.2. The molecule has 222 valence electrons. The van der Waals surface area contributed by atoms with Crippen LogP contribution in [0.1, 0.15) is 44.1 Å². The van der Waals surface area contributed by atoms with Gasteiger partial charge in [0.25, 0.3) is 10.1 Å². The molecule has 1 aliphatic carbocycles. The molecule has 0 heterocycles. The number of guanidine groups is 1. The maximum absolute atomic E-state index is 13.6. The maximum atomic E-state index is 13.6. The standard InChI is InChI=1S/C29H36BN5O6S/c31-28(32)35-25(13-8-18-30(38)41-42(39,40)24-11-2-1-3-12-24)34-27(37)29(16-6-7-17-29)26(36)33-20-21-14-15-22-9-4-5-10-23(22)19-21/h1-5,9-12,14-15,19,25,38H,6-8,13,16-18,20H2,(H,33,36)(H,34,37)(H4,31,32,35). The zero-order valence-corrected chi connectivity index (χ0v) is 24.1. The minimum absolute atomic E-state index is 0.0597. The van der Waals surface area contributed by atoms with E-state index in [9.17, 15) is 23.0 Å². The molecule has 1 saturated carbocycles. The van der Waals surface area contributed by atoms with Crippen molar-refractivity contribution in [3.05, 3.63) is 78.4 Å². The van der Waals surface area contributed by atoms with Gasteiger partial charge >= 0.3 is 7.12 Å². The summed E-state index contributed by atoms with van der Waals surface area (Å²) >= 11 is 0. The SMILES string of the molecule is NC(N)=NC(CCCB(O)OS(=O)(=O)c1ccccc1)NC(=O)C1(C(=O)NCc2ccc3ccccc3c2)CCCC1. The van der Waals surface area contributed by atoms with E-state index in [0.29, 0.717) is 12.8 Å². The molecule has 1 aliphatic rings. The third-order valence-electron chi connectivity index (χ3n) is 7.39. The van der Waals surface area contributed by atoms with Gasteiger partial charge < -0.3 is 27.1 Å². The van der Waals surface area contributed by atoms with Crippen molar-refractivity contribution >= 4 is 45.8 Å². The monoisotopic (exact) mass is 593 g/mol. The van der Waals surface area contributed by atoms with Crippen molar-refractivity contribution < 1.29 is 27.1 Å². The van der Waals surface area contributed by atoms with Gasteiger partial charge in [-0.15, -0.1) is 0 Å². The van der Waals surface area contributed by atoms with Gasteiger partial charge in [0, 0.05) is 6.54 Å². The van der Waals surface area contributed by atoms with Crippen LogP contribution in [0.4, 0.5) is 0 Å². The van der Waals surface area contributed by atoms with E-state index in [1.54, 1.807) is 18.2 Å². The highest BCUT2D eigenvalue weighted by atomic mass is 32.2. The lowest BCUT2D eigenvalue weighted by Gasteiger charge is -2.28. The van der Waals surface area contributed by atoms with Crippen LogP contribution in [0, 0.1) is 5.41 Å². The fourth-order valence-electron chi connectivity index (χ4n) is 5.20. The summed E-state index contributed by atoms with van der Waals surface area (Å²) in [5, 5.41) is 18.1. The summed E-state index contributed by atoms with van der Waals surface area (Å²) in [5.41, 5.74) is 10.8. The molecule has 0 spiro atoms. The fourth-order valence-corrected chi connectivity index (χ4v) is 6.19. The summed E-state index contributed by atoms with van der Waals surface area (Å²) in [5.74, 6) is -1.09. The third-order valence-corrected chi connectivity index (χ3v) is 8.72. The van der Waals surface area contributed by atoms with E-state index in [2.05, 4.69) is 15.6 Å². The maximum Gasteiger partial charge on any atom is 0.471 e. The lowest BCUT2D eigenvalue weighted by Crippen LogP contribution is -2.52. The predicted octanol–water partition coefficient (Wildman–Crippen LogP) is 2.40. The number of rotatable bonds is 13. The van der Waals surface area contributed by atoms with Crippen molar-refractivity contribution in [3.8, 4) is 0 Å². The second-order valence-corrected chi connectivity index (χ2v) is 12.0. The van der Waals surface area contributed by atoms with Crippen molar-refractivity contribution in [2.24, 2.45) is 21.9 Å². The Hall–Kier alpha value is -3.94. The fraction of sp³-hybridized carbons (Fsp3) is 0.345. The first kappa shape index (κ1) is 31.0. The second-order valence-electron chi connectivity index (χ2n) is 10.4. The first-order valence-corrected chi connectivity index (χ1v) is 15.3. The van der Waals surface area contributed by atoms with E-state index in [1.807, 2.05) is 42.5 Å². The van der Waals surface area contributed by atoms with Crippen LogP contribution in [0.5, 0.6) is 0 Å². The number of hydrogen-bond acceptors (Lipinski definition) is 7. The number of carbonyl (C=O) groups is 2. The van der Waals surface area contributed by atoms with Gasteiger partial charge in [-0.3, -0.25) is 13.7 Å². The summed E-state index contributed by atoms with van der Waals surface area (Å²) in [7, 11) is -5.75. The minimum Gasteiger partial charge on any atom is -0.426 e. The first-order chi connectivity index (χ1) is 20.1. The van der Waals surface area contributed by atoms with Crippen LogP contribution >= 0.6 is 0 Å². The van der Waals surface area contributed by atoms with Gasteiger partial charge in [0.1, 0.15) is 11.6 Å². The minimum atomic E-state index is -4.15. The molecule has 1 atom stereocenters. The van der Waals surface area contributed by atoms with Gasteiger partial charge in [0.15, 0.2) is 5.96 Å². The molecular formula is C29H36BN5O6S. The largest absolute Gasteiger partial charge is 0.471 e. The van der Waals surface area contributed by atoms with Crippen LogP contribution in [0.25, 0.3) is 10.8 Å². The number of nitrogens with one attached hydrogen (secondary N) is 2. The van der Waals surface area contributed by atoms with E-state index < -0.39 is 34.7 Å². The highest BCUT2D eigenvalue weighted by Gasteiger charge is 2.48. The van der Waals surface area contributed by atoms with Gasteiger partial charge in [0.2, 0.25) is 11.8 Å². The van der Waals surface area contributed by atoms with E-state index in [0.717, 1.165) is 29.2 Å². The molecule has 0 bridgehead atoms. The van der Waals surface area contributed by atoms with E-state index in [1.165, 1.54) is 12.1 Å². The van der Waals surface area contributed by atoms with Gasteiger partial charge in [-0.2, -0.15) is 8.42 Å². The average Bonchev–Trinajstić information content (AvgIpc) is 3.47. The van der Waals surface area contributed by atoms with Crippen molar-refractivity contribution in [1.29, 1.82) is 0 Å². The number of nitrogens with zero attached hydrogens (tertiary/aromatic N) is 1. The molecule has 1 unspecified atom stereocenters. The molecule has 0 saturated heterocycles. The number of fused-ring (bicyclic) bond motifs is 1. The summed E-state index contributed by atoms with van der Waals surface area (Å²) in [4.78, 5) is 31.0. The van der Waals surface area contributed by atoms with Gasteiger partial charge in [-0.05, 0) is 60.1 Å². The van der Waals surface area contributed by atoms with E-state index >= 15 is 0 Å². The van der Waals surface area contributed by atoms with Crippen LogP contribution in [-0.4, -0.2) is 44.5 Å². The van der Waals surface area contributed by atoms with Crippen LogP contribution in [-0.2, 0) is 30.4 Å². The average molecular weight is 594 g/mol. The second kappa shape index (κ2) is 13.8. The Bertz CT molecular complexity index is 1530. The molecule has 0 radical (unpaired) electrons. The van der Waals surface area contributed by atoms with Crippen LogP contribution < -0.4 is 22.1 Å². The number of hydrogen-bond donors (Lipinski definition) is 5. The zero-order valence-electron chi connectivity index (χ0n) is 23.2. The number of amides is 2. The molecule has 42 heavy (non-hydrogen) atoms. The van der Waals surface area contributed by atoms with E-state index in [4.69, 9.17) is 15.6 Å². The van der Waals surface area contributed by atoms with Crippen molar-refractivity contribution in [3.63, 3.8) is 0 Å². The Labute approximate surface area is 246 Å². The number of aliphatic imine (C=N–C) groups is 1. The highest BCUT2D eigenvalue weighted by Crippen LogP contribution is 2.39. The first-order valence-electron chi connectivity index (χ1n) is 13.9. The molecule has 1 fully saturated rings. The number of carbonyl (C=O) groups excluding carboxylic acids is 2. The molecular weight excluding hydrogens is 557 g/mol. The molecule has 4 rings (SSSR count). The Morgan fingerprint density at radius 3 is 2.33 bits per heavy atom. The molecule has 0 aromatic heterocycles. The predicted molar refractivity (Wildman–Crippen MR) is 161 cm³/mol. The molecule has 7 N–H and O–H groups in total. The summed E-state index contributed by atoms with van der Waals surface area (Å²) in [6.45, 7) is 0.278. The lowest BCUT2D eigenvalue weighted by molar-refractivity contribution is -0.143. The summed E-state index contributed by atoms with van der Waals surface area (Å²) < 4.78 is 29.6. The topological polar surface area (TPSA) is 186 Å². The van der Waals surface area contributed by atoms with Crippen molar-refractivity contribution in [2.75, 3.05) is 0 Å². The Morgan fingerprint density at radius 1 is 0.976 bits per heavy atom. The number of benzene rings is 3. The summed E-state index contributed by atoms with van der Waals surface area (Å²) in [6, 6.07) is 21.4. The Morgan fingerprint density at radius 2 is 1.64 bits per heavy atom. The van der Waals surface area contributed by atoms with Crippen molar-refractivity contribution in [1.82, 2.24) is 10.6 Å². The van der Waals surface area contributed by atoms with Crippen LogP contribution in [0.15, 0.2) is 82.7 Å². The van der Waals surface area contributed by atoms with Crippen molar-refractivity contribution in [2.45, 2.75) is 62.5 Å². The molecule has 11 nitrogen and oxygen atoms in total. The number of nitrogens with two attached hydrogens (primary N) is 2. The van der Waals surface area contributed by atoms with Crippen LogP contribution in [0.3, 0.4) is 0 Å². The zero-order chi connectivity index (χ0) is 30.2. The van der Waals surface area contributed by atoms with Crippen LogP contribution in [0.2, 0.25) is 6.32 Å². The molecule has 3 aromatic rings. The molecule has 2 amide bonds. The summed E-state index contributed by atoms with van der Waals surface area (Å²) in [6.07, 6.45) is 1.67. The van der Waals surface area contributed by atoms with Gasteiger partial charge in [-0.1, -0.05) is 73.9 Å². The smallest absolute Gasteiger partial charge is 0.426 e. The third kappa shape index (κ3) is 7.87. The lowest BCUT2D eigenvalue weighted by atomic mass is 9.82. The van der Waals surface area contributed by atoms with Gasteiger partial charge in [-0.25, -0.2) is 4.99 Å².